The molecule has 0 aliphatic carbocycles. The SMILES string of the molecule is COC(=O)c1sccc1NC(=O)CN(C)c1ccccc1. The lowest BCUT2D eigenvalue weighted by atomic mass is 10.3. The molecular weight excluding hydrogens is 288 g/mol. The quantitative estimate of drug-likeness (QED) is 0.863. The van der Waals surface area contributed by atoms with Crippen molar-refractivity contribution in [2.24, 2.45) is 0 Å². The highest BCUT2D eigenvalue weighted by Crippen LogP contribution is 2.23. The third-order valence-corrected chi connectivity index (χ3v) is 3.78. The molecule has 1 heterocycles. The number of amides is 1. The molecule has 110 valence electrons. The summed E-state index contributed by atoms with van der Waals surface area (Å²) < 4.78 is 4.68. The Morgan fingerprint density at radius 2 is 1.95 bits per heavy atom. The Labute approximate surface area is 127 Å². The molecular formula is C15H16N2O3S. The zero-order valence-corrected chi connectivity index (χ0v) is 12.6. The number of carbonyl (C=O) groups is 2. The summed E-state index contributed by atoms with van der Waals surface area (Å²) in [7, 11) is 3.15. The van der Waals surface area contributed by atoms with Crippen LogP contribution in [-0.4, -0.2) is 32.6 Å². The van der Waals surface area contributed by atoms with Crippen LogP contribution in [0.15, 0.2) is 41.8 Å². The summed E-state index contributed by atoms with van der Waals surface area (Å²) in [5.41, 5.74) is 1.43. The third-order valence-electron chi connectivity index (χ3n) is 2.89. The molecule has 0 aliphatic rings. The van der Waals surface area contributed by atoms with Crippen LogP contribution in [0.3, 0.4) is 0 Å². The molecule has 0 aliphatic heterocycles. The normalized spacial score (nSPS) is 10.0. The maximum Gasteiger partial charge on any atom is 0.350 e. The number of ether oxygens (including phenoxy) is 1. The largest absolute Gasteiger partial charge is 0.465 e. The van der Waals surface area contributed by atoms with Gasteiger partial charge in [0.2, 0.25) is 5.91 Å². The zero-order chi connectivity index (χ0) is 15.2. The molecule has 21 heavy (non-hydrogen) atoms. The Kier molecular flexibility index (Phi) is 4.94. The van der Waals surface area contributed by atoms with Gasteiger partial charge in [-0.2, -0.15) is 0 Å². The Balaban J connectivity index is 1.99. The van der Waals surface area contributed by atoms with Gasteiger partial charge in [0.05, 0.1) is 19.3 Å². The van der Waals surface area contributed by atoms with Crippen molar-refractivity contribution in [2.45, 2.75) is 0 Å². The molecule has 6 heteroatoms. The Morgan fingerprint density at radius 1 is 1.24 bits per heavy atom. The lowest BCUT2D eigenvalue weighted by molar-refractivity contribution is -0.114. The molecule has 2 aromatic rings. The monoisotopic (exact) mass is 304 g/mol. The van der Waals surface area contributed by atoms with E-state index in [2.05, 4.69) is 10.1 Å². The number of hydrogen-bond acceptors (Lipinski definition) is 5. The highest BCUT2D eigenvalue weighted by atomic mass is 32.1. The number of nitrogens with zero attached hydrogens (tertiary/aromatic N) is 1. The molecule has 0 unspecified atom stereocenters. The van der Waals surface area contributed by atoms with Crippen LogP contribution in [0.25, 0.3) is 0 Å². The van der Waals surface area contributed by atoms with Crippen molar-refractivity contribution in [2.75, 3.05) is 30.9 Å². The van der Waals surface area contributed by atoms with E-state index in [1.165, 1.54) is 18.4 Å². The van der Waals surface area contributed by atoms with E-state index in [9.17, 15) is 9.59 Å². The Hall–Kier alpha value is -2.34. The number of benzene rings is 1. The number of anilines is 2. The van der Waals surface area contributed by atoms with Gasteiger partial charge in [-0.05, 0) is 23.6 Å². The Morgan fingerprint density at radius 3 is 2.62 bits per heavy atom. The van der Waals surface area contributed by atoms with E-state index in [0.29, 0.717) is 10.6 Å². The fraction of sp³-hybridized carbons (Fsp3) is 0.200. The number of methoxy groups -OCH3 is 1. The van der Waals surface area contributed by atoms with Crippen LogP contribution in [-0.2, 0) is 9.53 Å². The summed E-state index contributed by atoms with van der Waals surface area (Å²) in [6.07, 6.45) is 0. The Bertz CT molecular complexity index is 625. The van der Waals surface area contributed by atoms with E-state index in [1.807, 2.05) is 42.3 Å². The van der Waals surface area contributed by atoms with Gasteiger partial charge in [0.25, 0.3) is 0 Å². The first kappa shape index (κ1) is 15.1. The van der Waals surface area contributed by atoms with Gasteiger partial charge in [0.1, 0.15) is 4.88 Å². The highest BCUT2D eigenvalue weighted by molar-refractivity contribution is 7.12. The fourth-order valence-electron chi connectivity index (χ4n) is 1.84. The van der Waals surface area contributed by atoms with E-state index in [4.69, 9.17) is 0 Å². The molecule has 0 saturated carbocycles. The number of thiophene rings is 1. The number of carbonyl (C=O) groups excluding carboxylic acids is 2. The van der Waals surface area contributed by atoms with Crippen molar-refractivity contribution in [1.29, 1.82) is 0 Å². The standard InChI is InChI=1S/C15H16N2O3S/c1-17(11-6-4-3-5-7-11)10-13(18)16-12-8-9-21-14(12)15(19)20-2/h3-9H,10H2,1-2H3,(H,16,18). The minimum atomic E-state index is -0.447. The minimum absolute atomic E-state index is 0.190. The second kappa shape index (κ2) is 6.90. The molecule has 2 rings (SSSR count). The molecule has 1 aromatic carbocycles. The zero-order valence-electron chi connectivity index (χ0n) is 11.8. The topological polar surface area (TPSA) is 58.6 Å². The van der Waals surface area contributed by atoms with Gasteiger partial charge in [0, 0.05) is 12.7 Å². The number of nitrogens with one attached hydrogen (secondary N) is 1. The molecule has 1 amide bonds. The van der Waals surface area contributed by atoms with E-state index in [0.717, 1.165) is 5.69 Å². The molecule has 1 aromatic heterocycles. The van der Waals surface area contributed by atoms with Crippen LogP contribution in [0.5, 0.6) is 0 Å². The van der Waals surface area contributed by atoms with Crippen LogP contribution < -0.4 is 10.2 Å². The summed E-state index contributed by atoms with van der Waals surface area (Å²) in [5.74, 6) is -0.637. The van der Waals surface area contributed by atoms with Crippen molar-refractivity contribution in [1.82, 2.24) is 0 Å². The molecule has 0 atom stereocenters. The predicted molar refractivity (Wildman–Crippen MR) is 84.0 cm³/mol. The summed E-state index contributed by atoms with van der Waals surface area (Å²) in [4.78, 5) is 25.8. The lowest BCUT2D eigenvalue weighted by Crippen LogP contribution is -2.30. The number of esters is 1. The molecule has 1 N–H and O–H groups in total. The second-order valence-electron chi connectivity index (χ2n) is 4.39. The first-order chi connectivity index (χ1) is 10.1. The van der Waals surface area contributed by atoms with Gasteiger partial charge in [-0.15, -0.1) is 11.3 Å². The number of likely N-dealkylation sites (N-methyl/N-ethyl adjacent to an activating group) is 1. The first-order valence-electron chi connectivity index (χ1n) is 6.33. The van der Waals surface area contributed by atoms with Crippen LogP contribution in [0.4, 0.5) is 11.4 Å². The van der Waals surface area contributed by atoms with Gasteiger partial charge in [-0.1, -0.05) is 18.2 Å². The van der Waals surface area contributed by atoms with E-state index < -0.39 is 5.97 Å². The maximum atomic E-state index is 12.1. The van der Waals surface area contributed by atoms with Crippen LogP contribution in [0, 0.1) is 0 Å². The summed E-state index contributed by atoms with van der Waals surface area (Å²) >= 11 is 1.24. The molecule has 0 bridgehead atoms. The van der Waals surface area contributed by atoms with E-state index >= 15 is 0 Å². The summed E-state index contributed by atoms with van der Waals surface area (Å²) in [5, 5.41) is 4.47. The molecule has 0 radical (unpaired) electrons. The third kappa shape index (κ3) is 3.82. The first-order valence-corrected chi connectivity index (χ1v) is 7.21. The van der Waals surface area contributed by atoms with Crippen molar-refractivity contribution in [3.63, 3.8) is 0 Å². The fourth-order valence-corrected chi connectivity index (χ4v) is 2.60. The van der Waals surface area contributed by atoms with Gasteiger partial charge in [-0.25, -0.2) is 4.79 Å². The van der Waals surface area contributed by atoms with Crippen molar-refractivity contribution >= 4 is 34.6 Å². The smallest absolute Gasteiger partial charge is 0.350 e. The molecule has 0 saturated heterocycles. The average molecular weight is 304 g/mol. The second-order valence-corrected chi connectivity index (χ2v) is 5.31. The predicted octanol–water partition coefficient (Wildman–Crippen LogP) is 2.61. The van der Waals surface area contributed by atoms with Gasteiger partial charge >= 0.3 is 5.97 Å². The van der Waals surface area contributed by atoms with E-state index in [1.54, 1.807) is 11.4 Å². The van der Waals surface area contributed by atoms with E-state index in [-0.39, 0.29) is 12.5 Å². The maximum absolute atomic E-state index is 12.1. The van der Waals surface area contributed by atoms with Gasteiger partial charge in [-0.3, -0.25) is 4.79 Å². The van der Waals surface area contributed by atoms with Gasteiger partial charge < -0.3 is 15.0 Å². The van der Waals surface area contributed by atoms with Crippen molar-refractivity contribution < 1.29 is 14.3 Å². The summed E-state index contributed by atoms with van der Waals surface area (Å²) in [6.45, 7) is 0.195. The molecule has 5 nitrogen and oxygen atoms in total. The lowest BCUT2D eigenvalue weighted by Gasteiger charge is -2.18. The van der Waals surface area contributed by atoms with Gasteiger partial charge in [0.15, 0.2) is 0 Å². The molecule has 0 fully saturated rings. The van der Waals surface area contributed by atoms with Crippen molar-refractivity contribution in [3.05, 3.63) is 46.7 Å². The van der Waals surface area contributed by atoms with Crippen LogP contribution in [0.2, 0.25) is 0 Å². The number of para-hydroxylation sites is 1. The minimum Gasteiger partial charge on any atom is -0.465 e. The highest BCUT2D eigenvalue weighted by Gasteiger charge is 2.16. The van der Waals surface area contributed by atoms with Crippen LogP contribution in [0.1, 0.15) is 9.67 Å². The van der Waals surface area contributed by atoms with Crippen LogP contribution >= 0.6 is 11.3 Å². The summed E-state index contributed by atoms with van der Waals surface area (Å²) in [6, 6.07) is 11.3. The van der Waals surface area contributed by atoms with Crippen molar-refractivity contribution in [3.8, 4) is 0 Å². The number of hydrogen-bond donors (Lipinski definition) is 1. The molecule has 0 spiro atoms. The number of rotatable bonds is 5. The average Bonchev–Trinajstić information content (AvgIpc) is 2.95.